The molecule has 11 rings (SSSR count). The predicted octanol–water partition coefficient (Wildman–Crippen LogP) is 11.2. The van der Waals surface area contributed by atoms with Crippen LogP contribution in [0.5, 0.6) is 0 Å². The topological polar surface area (TPSA) is 39.5 Å². The lowest BCUT2D eigenvalue weighted by molar-refractivity contribution is 1.02. The Bertz CT molecular complexity index is 3170. The quantitative estimate of drug-likeness (QED) is 0.183. The summed E-state index contributed by atoms with van der Waals surface area (Å²) < 4.78 is 4.72. The molecule has 0 atom stereocenters. The van der Waals surface area contributed by atoms with E-state index in [2.05, 4.69) is 117 Å². The van der Waals surface area contributed by atoms with Gasteiger partial charge in [-0.2, -0.15) is 0 Å². The minimum atomic E-state index is 0.604. The SMILES string of the molecule is [C-]#[N+]c1ccc(-c2nc(-n3c4cc5ccccc5cc4c4cc5c6ccccc6n6c7ccccc7c(c43)c56)nc3ccccc23)cc1. The van der Waals surface area contributed by atoms with Crippen molar-refractivity contribution in [2.45, 2.75) is 0 Å². The molecule has 0 spiro atoms. The van der Waals surface area contributed by atoms with Crippen LogP contribution in [-0.2, 0) is 0 Å². The molecule has 0 saturated heterocycles. The first-order valence-corrected chi connectivity index (χ1v) is 16.0. The minimum absolute atomic E-state index is 0.604. The van der Waals surface area contributed by atoms with Gasteiger partial charge < -0.3 is 4.40 Å². The van der Waals surface area contributed by atoms with Crippen molar-refractivity contribution in [2.24, 2.45) is 0 Å². The minimum Gasteiger partial charge on any atom is -0.308 e. The highest BCUT2D eigenvalue weighted by molar-refractivity contribution is 6.34. The normalized spacial score (nSPS) is 12.1. The van der Waals surface area contributed by atoms with Crippen LogP contribution in [-0.4, -0.2) is 18.9 Å². The molecule has 0 amide bonds. The smallest absolute Gasteiger partial charge is 0.235 e. The van der Waals surface area contributed by atoms with Crippen molar-refractivity contribution in [2.75, 3.05) is 0 Å². The molecule has 0 bridgehead atoms. The van der Waals surface area contributed by atoms with Crippen LogP contribution in [0.2, 0.25) is 0 Å². The van der Waals surface area contributed by atoms with Gasteiger partial charge in [-0.25, -0.2) is 14.8 Å². The number of fused-ring (bicyclic) bond motifs is 12. The number of hydrogen-bond acceptors (Lipinski definition) is 2. The van der Waals surface area contributed by atoms with E-state index in [-0.39, 0.29) is 0 Å². The van der Waals surface area contributed by atoms with Gasteiger partial charge in [0.05, 0.1) is 45.4 Å². The Morgan fingerprint density at radius 2 is 1.15 bits per heavy atom. The van der Waals surface area contributed by atoms with Crippen LogP contribution < -0.4 is 0 Å². The summed E-state index contributed by atoms with van der Waals surface area (Å²) in [6.45, 7) is 7.47. The Labute approximate surface area is 273 Å². The van der Waals surface area contributed by atoms with Crippen LogP contribution >= 0.6 is 0 Å². The summed E-state index contributed by atoms with van der Waals surface area (Å²) in [6.07, 6.45) is 0. The molecule has 220 valence electrons. The summed E-state index contributed by atoms with van der Waals surface area (Å²) in [5.41, 5.74) is 9.05. The van der Waals surface area contributed by atoms with Gasteiger partial charge in [-0.05, 0) is 52.7 Å². The Morgan fingerprint density at radius 1 is 0.500 bits per heavy atom. The zero-order valence-corrected chi connectivity index (χ0v) is 25.5. The summed E-state index contributed by atoms with van der Waals surface area (Å²) in [5.74, 6) is 0.621. The zero-order chi connectivity index (χ0) is 31.5. The number of benzene rings is 7. The van der Waals surface area contributed by atoms with Crippen LogP contribution in [0.15, 0.2) is 140 Å². The molecular weight excluding hydrogens is 587 g/mol. The van der Waals surface area contributed by atoms with E-state index in [0.29, 0.717) is 11.6 Å². The van der Waals surface area contributed by atoms with Crippen molar-refractivity contribution in [3.05, 3.63) is 151 Å². The van der Waals surface area contributed by atoms with E-state index in [1.807, 2.05) is 36.4 Å². The average Bonchev–Trinajstić information content (AvgIpc) is 3.78. The van der Waals surface area contributed by atoms with E-state index in [4.69, 9.17) is 16.5 Å². The van der Waals surface area contributed by atoms with Crippen molar-refractivity contribution in [3.8, 4) is 17.2 Å². The summed E-state index contributed by atoms with van der Waals surface area (Å²) in [6, 6.07) is 48.9. The molecule has 0 saturated carbocycles. The molecule has 0 aliphatic carbocycles. The Morgan fingerprint density at radius 3 is 1.94 bits per heavy atom. The van der Waals surface area contributed by atoms with Crippen molar-refractivity contribution in [1.29, 1.82) is 0 Å². The molecule has 4 heterocycles. The Hall–Kier alpha value is -6.77. The summed E-state index contributed by atoms with van der Waals surface area (Å²) in [4.78, 5) is 14.3. The first kappa shape index (κ1) is 25.4. The lowest BCUT2D eigenvalue weighted by atomic mass is 10.0. The third-order valence-corrected chi connectivity index (χ3v) is 10.0. The van der Waals surface area contributed by atoms with Gasteiger partial charge >= 0.3 is 0 Å². The van der Waals surface area contributed by atoms with Gasteiger partial charge in [0, 0.05) is 37.7 Å². The van der Waals surface area contributed by atoms with Gasteiger partial charge in [0.15, 0.2) is 5.69 Å². The molecule has 0 radical (unpaired) electrons. The van der Waals surface area contributed by atoms with E-state index < -0.39 is 0 Å². The van der Waals surface area contributed by atoms with Crippen molar-refractivity contribution < 1.29 is 0 Å². The second kappa shape index (κ2) is 9.16. The first-order valence-electron chi connectivity index (χ1n) is 16.0. The number of rotatable bonds is 2. The molecule has 4 aromatic heterocycles. The van der Waals surface area contributed by atoms with E-state index in [0.717, 1.165) is 33.2 Å². The monoisotopic (exact) mass is 609 g/mol. The molecule has 11 aromatic rings. The van der Waals surface area contributed by atoms with Gasteiger partial charge in [-0.1, -0.05) is 103 Å². The number of aromatic nitrogens is 4. The van der Waals surface area contributed by atoms with Crippen LogP contribution in [0.25, 0.3) is 104 Å². The van der Waals surface area contributed by atoms with Crippen LogP contribution in [0, 0.1) is 6.57 Å². The van der Waals surface area contributed by atoms with Gasteiger partial charge in [0.2, 0.25) is 5.95 Å². The first-order chi connectivity index (χ1) is 23.8. The molecule has 5 heteroatoms. The molecule has 5 nitrogen and oxygen atoms in total. The summed E-state index contributed by atoms with van der Waals surface area (Å²) in [7, 11) is 0. The summed E-state index contributed by atoms with van der Waals surface area (Å²) >= 11 is 0. The summed E-state index contributed by atoms with van der Waals surface area (Å²) in [5, 5.41) is 10.6. The van der Waals surface area contributed by atoms with E-state index >= 15 is 0 Å². The van der Waals surface area contributed by atoms with Crippen LogP contribution in [0.4, 0.5) is 5.69 Å². The molecule has 0 N–H and O–H groups in total. The van der Waals surface area contributed by atoms with Gasteiger partial charge in [0.25, 0.3) is 0 Å². The largest absolute Gasteiger partial charge is 0.308 e. The second-order valence-corrected chi connectivity index (χ2v) is 12.5. The van der Waals surface area contributed by atoms with Gasteiger partial charge in [-0.3, -0.25) is 4.57 Å². The number of nitrogens with zero attached hydrogens (tertiary/aromatic N) is 5. The van der Waals surface area contributed by atoms with E-state index in [1.165, 1.54) is 59.6 Å². The second-order valence-electron chi connectivity index (χ2n) is 12.5. The van der Waals surface area contributed by atoms with E-state index in [9.17, 15) is 0 Å². The van der Waals surface area contributed by atoms with Gasteiger partial charge in [0.1, 0.15) is 0 Å². The Kier molecular flexibility index (Phi) is 4.85. The van der Waals surface area contributed by atoms with E-state index in [1.54, 1.807) is 0 Å². The highest BCUT2D eigenvalue weighted by atomic mass is 15.2. The molecule has 0 unspecified atom stereocenters. The standard InChI is InChI=1S/C43H23N5/c1-44-28-20-18-25(19-21-28)40-30-13-4-7-15-35(30)45-43(46-40)48-38-23-27-11-3-2-10-26(27)22-32(38)34-24-33-29-12-5-8-16-36(29)47-37-17-9-6-14-31(37)39(41(33)47)42(34)48/h2-24H. The lowest BCUT2D eigenvalue weighted by Gasteiger charge is -2.12. The Balaban J connectivity index is 1.39. The number of para-hydroxylation sites is 3. The van der Waals surface area contributed by atoms with Crippen molar-refractivity contribution in [1.82, 2.24) is 18.9 Å². The predicted molar refractivity (Wildman–Crippen MR) is 198 cm³/mol. The van der Waals surface area contributed by atoms with Gasteiger partial charge in [-0.15, -0.1) is 0 Å². The van der Waals surface area contributed by atoms with Crippen molar-refractivity contribution >= 4 is 87.3 Å². The maximum Gasteiger partial charge on any atom is 0.235 e. The molecule has 0 aliphatic heterocycles. The molecule has 7 aromatic carbocycles. The molecule has 0 fully saturated rings. The fraction of sp³-hybridized carbons (Fsp3) is 0. The zero-order valence-electron chi connectivity index (χ0n) is 25.5. The fourth-order valence-corrected chi connectivity index (χ4v) is 7.98. The van der Waals surface area contributed by atoms with Crippen LogP contribution in [0.1, 0.15) is 0 Å². The lowest BCUT2D eigenvalue weighted by Crippen LogP contribution is -2.03. The molecule has 48 heavy (non-hydrogen) atoms. The van der Waals surface area contributed by atoms with Crippen LogP contribution in [0.3, 0.4) is 0 Å². The maximum atomic E-state index is 7.47. The third kappa shape index (κ3) is 3.23. The number of hydrogen-bond donors (Lipinski definition) is 0. The van der Waals surface area contributed by atoms with Crippen molar-refractivity contribution in [3.63, 3.8) is 0 Å². The fourth-order valence-electron chi connectivity index (χ4n) is 7.98. The maximum absolute atomic E-state index is 7.47. The average molecular weight is 610 g/mol. The highest BCUT2D eigenvalue weighted by Gasteiger charge is 2.25. The highest BCUT2D eigenvalue weighted by Crippen LogP contribution is 2.47. The molecular formula is C43H23N5. The third-order valence-electron chi connectivity index (χ3n) is 10.0. The molecule has 0 aliphatic rings.